The Labute approximate surface area is 165 Å². The number of rotatable bonds is 9. The van der Waals surface area contributed by atoms with Crippen molar-refractivity contribution in [3.05, 3.63) is 59.9 Å². The Morgan fingerprint density at radius 2 is 1.89 bits per heavy atom. The van der Waals surface area contributed by atoms with Gasteiger partial charge in [0, 0.05) is 6.54 Å². The maximum Gasteiger partial charge on any atom is 0.244 e. The lowest BCUT2D eigenvalue weighted by Crippen LogP contribution is -2.49. The lowest BCUT2D eigenvalue weighted by molar-refractivity contribution is -0.122. The van der Waals surface area contributed by atoms with E-state index in [-0.39, 0.29) is 18.7 Å². The Morgan fingerprint density at radius 1 is 1.18 bits per heavy atom. The van der Waals surface area contributed by atoms with Crippen LogP contribution in [0.15, 0.2) is 48.5 Å². The number of ether oxygens (including phenoxy) is 1. The highest BCUT2D eigenvalue weighted by Crippen LogP contribution is 2.25. The molecule has 1 amide bonds. The van der Waals surface area contributed by atoms with Crippen molar-refractivity contribution in [3.8, 4) is 5.75 Å². The number of hydrogen-bond donors (Lipinski definition) is 1. The summed E-state index contributed by atoms with van der Waals surface area (Å²) < 4.78 is 45.2. The summed E-state index contributed by atoms with van der Waals surface area (Å²) in [5.41, 5.74) is 0.663. The van der Waals surface area contributed by atoms with Crippen molar-refractivity contribution in [2.75, 3.05) is 17.2 Å². The molecule has 2 aromatic rings. The second kappa shape index (κ2) is 9.54. The zero-order chi connectivity index (χ0) is 20.7. The minimum atomic E-state index is -3.88. The third-order valence-corrected chi connectivity index (χ3v) is 5.26. The summed E-state index contributed by atoms with van der Waals surface area (Å²) in [6, 6.07) is 11.7. The Kier molecular flexibility index (Phi) is 7.39. The molecule has 0 aliphatic carbocycles. The van der Waals surface area contributed by atoms with Crippen molar-refractivity contribution in [2.24, 2.45) is 0 Å². The summed E-state index contributed by atoms with van der Waals surface area (Å²) in [5.74, 6) is -0.521. The Balaban J connectivity index is 2.23. The Hall–Kier alpha value is -2.61. The van der Waals surface area contributed by atoms with Gasteiger partial charge in [-0.15, -0.1) is 0 Å². The molecule has 1 N–H and O–H groups in total. The number of benzene rings is 2. The maximum atomic E-state index is 14.2. The van der Waals surface area contributed by atoms with Crippen LogP contribution in [0.1, 0.15) is 25.8 Å². The van der Waals surface area contributed by atoms with Crippen molar-refractivity contribution in [1.82, 2.24) is 5.32 Å². The van der Waals surface area contributed by atoms with E-state index < -0.39 is 27.8 Å². The second-order valence-electron chi connectivity index (χ2n) is 6.23. The number of carbonyl (C=O) groups is 1. The molecule has 8 heteroatoms. The SMILES string of the molecule is CCOc1cccc(CNC(=O)[C@H](CC)N(c2ccccc2F)S(C)(=O)=O)c1. The topological polar surface area (TPSA) is 75.7 Å². The first-order valence-corrected chi connectivity index (χ1v) is 10.9. The maximum absolute atomic E-state index is 14.2. The largest absolute Gasteiger partial charge is 0.494 e. The molecule has 0 spiro atoms. The third-order valence-electron chi connectivity index (χ3n) is 4.10. The summed E-state index contributed by atoms with van der Waals surface area (Å²) in [5, 5.41) is 2.74. The minimum absolute atomic E-state index is 0.148. The summed E-state index contributed by atoms with van der Waals surface area (Å²) in [6.45, 7) is 4.28. The van der Waals surface area contributed by atoms with Gasteiger partial charge in [0.25, 0.3) is 0 Å². The molecule has 0 aliphatic heterocycles. The van der Waals surface area contributed by atoms with Crippen LogP contribution in [0.25, 0.3) is 0 Å². The van der Waals surface area contributed by atoms with E-state index in [4.69, 9.17) is 4.74 Å². The van der Waals surface area contributed by atoms with Crippen LogP contribution in [0.5, 0.6) is 5.75 Å². The molecule has 0 saturated carbocycles. The average molecular weight is 408 g/mol. The predicted octanol–water partition coefficient (Wildman–Crippen LogP) is 3.09. The molecule has 0 aromatic heterocycles. The van der Waals surface area contributed by atoms with Crippen LogP contribution >= 0.6 is 0 Å². The van der Waals surface area contributed by atoms with Crippen molar-refractivity contribution in [3.63, 3.8) is 0 Å². The molecule has 0 fully saturated rings. The number of para-hydroxylation sites is 1. The first-order chi connectivity index (χ1) is 13.3. The number of anilines is 1. The van der Waals surface area contributed by atoms with Gasteiger partial charge in [-0.25, -0.2) is 12.8 Å². The fourth-order valence-electron chi connectivity index (χ4n) is 2.88. The van der Waals surface area contributed by atoms with Gasteiger partial charge in [0.2, 0.25) is 15.9 Å². The van der Waals surface area contributed by atoms with Crippen molar-refractivity contribution in [2.45, 2.75) is 32.9 Å². The van der Waals surface area contributed by atoms with Gasteiger partial charge >= 0.3 is 0 Å². The van der Waals surface area contributed by atoms with Gasteiger partial charge < -0.3 is 10.1 Å². The van der Waals surface area contributed by atoms with Crippen molar-refractivity contribution >= 4 is 21.6 Å². The van der Waals surface area contributed by atoms with Crippen LogP contribution in [-0.2, 0) is 21.4 Å². The third kappa shape index (κ3) is 5.45. The van der Waals surface area contributed by atoms with Gasteiger partial charge in [-0.1, -0.05) is 31.2 Å². The van der Waals surface area contributed by atoms with Gasteiger partial charge in [0.1, 0.15) is 17.6 Å². The monoisotopic (exact) mass is 408 g/mol. The van der Waals surface area contributed by atoms with E-state index in [1.807, 2.05) is 25.1 Å². The minimum Gasteiger partial charge on any atom is -0.494 e. The molecule has 2 rings (SSSR count). The van der Waals surface area contributed by atoms with Crippen molar-refractivity contribution in [1.29, 1.82) is 0 Å². The van der Waals surface area contributed by atoms with E-state index in [2.05, 4.69) is 5.32 Å². The Bertz CT molecular complexity index is 918. The molecular formula is C20H25FN2O4S. The number of halogens is 1. The molecule has 1 atom stereocenters. The quantitative estimate of drug-likeness (QED) is 0.692. The highest BCUT2D eigenvalue weighted by atomic mass is 32.2. The van der Waals surface area contributed by atoms with Crippen LogP contribution in [-0.4, -0.2) is 33.2 Å². The van der Waals surface area contributed by atoms with Crippen LogP contribution in [0.4, 0.5) is 10.1 Å². The number of sulfonamides is 1. The zero-order valence-corrected chi connectivity index (χ0v) is 17.0. The van der Waals surface area contributed by atoms with Gasteiger partial charge in [0.15, 0.2) is 0 Å². The van der Waals surface area contributed by atoms with Crippen LogP contribution in [0.2, 0.25) is 0 Å². The molecule has 0 radical (unpaired) electrons. The molecule has 0 saturated heterocycles. The standard InChI is InChI=1S/C20H25FN2O4S/c1-4-18(23(28(3,25)26)19-12-7-6-11-17(19)21)20(24)22-14-15-9-8-10-16(13-15)27-5-2/h6-13,18H,4-5,14H2,1-3H3,(H,22,24)/t18-/m0/s1. The zero-order valence-electron chi connectivity index (χ0n) is 16.2. The van der Waals surface area contributed by atoms with Crippen molar-refractivity contribution < 1.29 is 22.3 Å². The molecule has 0 unspecified atom stereocenters. The molecule has 152 valence electrons. The van der Waals surface area contributed by atoms with Gasteiger partial charge in [-0.05, 0) is 43.2 Å². The van der Waals surface area contributed by atoms with E-state index in [9.17, 15) is 17.6 Å². The number of hydrogen-bond acceptors (Lipinski definition) is 4. The van der Waals surface area contributed by atoms with Crippen LogP contribution < -0.4 is 14.4 Å². The molecule has 0 bridgehead atoms. The van der Waals surface area contributed by atoms with Gasteiger partial charge in [-0.3, -0.25) is 9.10 Å². The van der Waals surface area contributed by atoms with Crippen LogP contribution in [0, 0.1) is 5.82 Å². The van der Waals surface area contributed by atoms with E-state index in [1.165, 1.54) is 18.2 Å². The van der Waals surface area contributed by atoms with Gasteiger partial charge in [0.05, 0.1) is 18.6 Å². The first kappa shape index (κ1) is 21.7. The highest BCUT2D eigenvalue weighted by Gasteiger charge is 2.32. The molecule has 6 nitrogen and oxygen atoms in total. The van der Waals surface area contributed by atoms with E-state index in [0.717, 1.165) is 22.2 Å². The lowest BCUT2D eigenvalue weighted by Gasteiger charge is -2.30. The fourth-order valence-corrected chi connectivity index (χ4v) is 4.10. The lowest BCUT2D eigenvalue weighted by atomic mass is 10.1. The second-order valence-corrected chi connectivity index (χ2v) is 8.09. The number of nitrogens with one attached hydrogen (secondary N) is 1. The number of carbonyl (C=O) groups excluding carboxylic acids is 1. The summed E-state index contributed by atoms with van der Waals surface area (Å²) in [6.07, 6.45) is 1.15. The van der Waals surface area contributed by atoms with E-state index in [0.29, 0.717) is 12.4 Å². The molecule has 0 aliphatic rings. The van der Waals surface area contributed by atoms with E-state index >= 15 is 0 Å². The molecule has 2 aromatic carbocycles. The molecule has 0 heterocycles. The molecule has 28 heavy (non-hydrogen) atoms. The smallest absolute Gasteiger partial charge is 0.244 e. The summed E-state index contributed by atoms with van der Waals surface area (Å²) in [7, 11) is -3.88. The normalized spacial score (nSPS) is 12.3. The average Bonchev–Trinajstić information content (AvgIpc) is 2.64. The highest BCUT2D eigenvalue weighted by molar-refractivity contribution is 7.92. The van der Waals surface area contributed by atoms with Crippen LogP contribution in [0.3, 0.4) is 0 Å². The first-order valence-electron chi connectivity index (χ1n) is 9.01. The van der Waals surface area contributed by atoms with E-state index in [1.54, 1.807) is 13.0 Å². The summed E-state index contributed by atoms with van der Waals surface area (Å²) >= 11 is 0. The predicted molar refractivity (Wildman–Crippen MR) is 107 cm³/mol. The number of amides is 1. The molecular weight excluding hydrogens is 383 g/mol. The fraction of sp³-hybridized carbons (Fsp3) is 0.350. The number of nitrogens with zero attached hydrogens (tertiary/aromatic N) is 1. The Morgan fingerprint density at radius 3 is 2.50 bits per heavy atom. The van der Waals surface area contributed by atoms with Gasteiger partial charge in [-0.2, -0.15) is 0 Å². The summed E-state index contributed by atoms with van der Waals surface area (Å²) in [4.78, 5) is 12.8.